The zero-order valence-corrected chi connectivity index (χ0v) is 15.3. The molecule has 0 fully saturated rings. The second kappa shape index (κ2) is 8.25. The average Bonchev–Trinajstić information content (AvgIpc) is 2.69. The van der Waals surface area contributed by atoms with Crippen LogP contribution in [0.4, 0.5) is 11.4 Å². The van der Waals surface area contributed by atoms with Gasteiger partial charge in [0.15, 0.2) is 0 Å². The van der Waals surface area contributed by atoms with Gasteiger partial charge >= 0.3 is 0 Å². The summed E-state index contributed by atoms with van der Waals surface area (Å²) in [5.74, 6) is 6.04. The Morgan fingerprint density at radius 1 is 1.00 bits per heavy atom. The quantitative estimate of drug-likeness (QED) is 0.412. The van der Waals surface area contributed by atoms with Crippen LogP contribution in [0.5, 0.6) is 0 Å². The first kappa shape index (κ1) is 18.3. The number of hydrogen-bond donors (Lipinski definition) is 2. The highest BCUT2D eigenvalue weighted by Gasteiger charge is 2.06. The van der Waals surface area contributed by atoms with E-state index in [9.17, 15) is 4.79 Å². The number of carbonyl (C=O) groups excluding carboxylic acids is 1. The standard InChI is InChI=1S/C21H21N5O/c1-15(21-8-3-4-13-23-21)25-26(22)20-7-5-6-18(14-20)17-9-11-19(12-10-17)24-16(2)27/h3-14H,22H2,1-2H3,(H,24,27)/b25-15+. The monoisotopic (exact) mass is 359 g/mol. The number of hydrazine groups is 1. The van der Waals surface area contributed by atoms with Gasteiger partial charge in [0.1, 0.15) is 0 Å². The van der Waals surface area contributed by atoms with Gasteiger partial charge in [0.2, 0.25) is 5.91 Å². The van der Waals surface area contributed by atoms with Crippen molar-refractivity contribution in [1.29, 1.82) is 0 Å². The molecule has 6 nitrogen and oxygen atoms in total. The number of pyridine rings is 1. The van der Waals surface area contributed by atoms with Crippen LogP contribution in [0.15, 0.2) is 78.0 Å². The molecule has 3 aromatic rings. The van der Waals surface area contributed by atoms with E-state index in [2.05, 4.69) is 15.4 Å². The maximum atomic E-state index is 11.1. The van der Waals surface area contributed by atoms with Crippen molar-refractivity contribution in [2.75, 3.05) is 10.4 Å². The molecule has 0 unspecified atom stereocenters. The summed E-state index contributed by atoms with van der Waals surface area (Å²) in [5, 5.41) is 8.52. The topological polar surface area (TPSA) is 83.6 Å². The van der Waals surface area contributed by atoms with Crippen molar-refractivity contribution in [1.82, 2.24) is 4.98 Å². The third kappa shape index (κ3) is 4.77. The maximum absolute atomic E-state index is 11.1. The third-order valence-corrected chi connectivity index (χ3v) is 3.94. The van der Waals surface area contributed by atoms with Crippen molar-refractivity contribution < 1.29 is 4.79 Å². The van der Waals surface area contributed by atoms with Crippen LogP contribution in [0.2, 0.25) is 0 Å². The number of nitrogens with two attached hydrogens (primary N) is 1. The van der Waals surface area contributed by atoms with Crippen LogP contribution < -0.4 is 16.3 Å². The largest absolute Gasteiger partial charge is 0.326 e. The Morgan fingerprint density at radius 2 is 1.78 bits per heavy atom. The number of aromatic nitrogens is 1. The molecule has 0 aliphatic rings. The lowest BCUT2D eigenvalue weighted by atomic mass is 10.0. The molecule has 1 aromatic heterocycles. The SMILES string of the molecule is CC(=O)Nc1ccc(-c2cccc(N(N)/N=C(\C)c3ccccn3)c2)cc1. The molecular weight excluding hydrogens is 338 g/mol. The minimum absolute atomic E-state index is 0.0929. The Hall–Kier alpha value is -3.51. The van der Waals surface area contributed by atoms with Crippen LogP contribution in [0.1, 0.15) is 19.5 Å². The molecule has 2 aromatic carbocycles. The van der Waals surface area contributed by atoms with Crippen LogP contribution in [0, 0.1) is 0 Å². The first-order valence-electron chi connectivity index (χ1n) is 8.52. The van der Waals surface area contributed by atoms with Crippen LogP contribution >= 0.6 is 0 Å². The molecule has 3 rings (SSSR count). The molecule has 1 amide bonds. The maximum Gasteiger partial charge on any atom is 0.221 e. The summed E-state index contributed by atoms with van der Waals surface area (Å²) in [5.41, 5.74) is 5.04. The molecular formula is C21H21N5O. The van der Waals surface area contributed by atoms with Gasteiger partial charge in [0.25, 0.3) is 0 Å². The minimum Gasteiger partial charge on any atom is -0.326 e. The summed E-state index contributed by atoms with van der Waals surface area (Å²) in [6.07, 6.45) is 1.72. The Labute approximate surface area is 158 Å². The van der Waals surface area contributed by atoms with E-state index in [0.29, 0.717) is 0 Å². The molecule has 3 N–H and O–H groups in total. The van der Waals surface area contributed by atoms with Gasteiger partial charge in [-0.25, -0.2) is 5.84 Å². The number of anilines is 2. The van der Waals surface area contributed by atoms with E-state index < -0.39 is 0 Å². The molecule has 0 spiro atoms. The Kier molecular flexibility index (Phi) is 5.58. The molecule has 0 atom stereocenters. The summed E-state index contributed by atoms with van der Waals surface area (Å²) >= 11 is 0. The van der Waals surface area contributed by atoms with Crippen molar-refractivity contribution in [2.24, 2.45) is 10.9 Å². The van der Waals surface area contributed by atoms with Gasteiger partial charge in [-0.1, -0.05) is 30.3 Å². The number of carbonyl (C=O) groups is 1. The van der Waals surface area contributed by atoms with E-state index in [4.69, 9.17) is 5.84 Å². The number of hydrazone groups is 1. The van der Waals surface area contributed by atoms with Crippen LogP contribution in [-0.4, -0.2) is 16.6 Å². The molecule has 0 aliphatic heterocycles. The summed E-state index contributed by atoms with van der Waals surface area (Å²) in [6, 6.07) is 21.1. The number of hydrogen-bond acceptors (Lipinski definition) is 5. The second-order valence-electron chi connectivity index (χ2n) is 6.05. The molecule has 0 aliphatic carbocycles. The molecule has 1 heterocycles. The van der Waals surface area contributed by atoms with Gasteiger partial charge in [-0.15, -0.1) is 0 Å². The van der Waals surface area contributed by atoms with E-state index in [0.717, 1.165) is 33.9 Å². The van der Waals surface area contributed by atoms with Crippen LogP contribution in [-0.2, 0) is 4.79 Å². The van der Waals surface area contributed by atoms with Gasteiger partial charge in [0.05, 0.1) is 17.1 Å². The van der Waals surface area contributed by atoms with Crippen LogP contribution in [0.25, 0.3) is 11.1 Å². The van der Waals surface area contributed by atoms with Crippen molar-refractivity contribution in [2.45, 2.75) is 13.8 Å². The number of nitrogens with one attached hydrogen (secondary N) is 1. The fraction of sp³-hybridized carbons (Fsp3) is 0.0952. The van der Waals surface area contributed by atoms with Crippen molar-refractivity contribution in [3.05, 3.63) is 78.6 Å². The molecule has 0 saturated heterocycles. The summed E-state index contributed by atoms with van der Waals surface area (Å²) in [4.78, 5) is 15.4. The molecule has 27 heavy (non-hydrogen) atoms. The fourth-order valence-corrected chi connectivity index (χ4v) is 2.62. The van der Waals surface area contributed by atoms with Gasteiger partial charge in [-0.05, 0) is 54.4 Å². The summed E-state index contributed by atoms with van der Waals surface area (Å²) < 4.78 is 0. The van der Waals surface area contributed by atoms with Gasteiger partial charge in [-0.3, -0.25) is 9.78 Å². The van der Waals surface area contributed by atoms with Gasteiger partial charge in [0, 0.05) is 18.8 Å². The summed E-state index contributed by atoms with van der Waals surface area (Å²) in [7, 11) is 0. The van der Waals surface area contributed by atoms with E-state index in [1.165, 1.54) is 12.0 Å². The zero-order chi connectivity index (χ0) is 19.2. The van der Waals surface area contributed by atoms with Crippen molar-refractivity contribution in [3.8, 4) is 11.1 Å². The highest BCUT2D eigenvalue weighted by molar-refractivity contribution is 5.97. The third-order valence-electron chi connectivity index (χ3n) is 3.94. The normalized spacial score (nSPS) is 11.1. The summed E-state index contributed by atoms with van der Waals surface area (Å²) in [6.45, 7) is 3.35. The number of nitrogens with zero attached hydrogens (tertiary/aromatic N) is 3. The van der Waals surface area contributed by atoms with E-state index in [1.54, 1.807) is 6.20 Å². The molecule has 0 bridgehead atoms. The molecule has 6 heteroatoms. The Morgan fingerprint density at radius 3 is 2.44 bits per heavy atom. The zero-order valence-electron chi connectivity index (χ0n) is 15.3. The van der Waals surface area contributed by atoms with E-state index in [-0.39, 0.29) is 5.91 Å². The lowest BCUT2D eigenvalue weighted by Crippen LogP contribution is -2.26. The van der Waals surface area contributed by atoms with Crippen molar-refractivity contribution in [3.63, 3.8) is 0 Å². The average molecular weight is 359 g/mol. The van der Waals surface area contributed by atoms with Crippen LogP contribution in [0.3, 0.4) is 0 Å². The molecule has 0 radical (unpaired) electrons. The van der Waals surface area contributed by atoms with E-state index in [1.807, 2.05) is 73.7 Å². The smallest absolute Gasteiger partial charge is 0.221 e. The first-order chi connectivity index (χ1) is 13.0. The lowest BCUT2D eigenvalue weighted by molar-refractivity contribution is -0.114. The predicted molar refractivity (Wildman–Crippen MR) is 109 cm³/mol. The van der Waals surface area contributed by atoms with Gasteiger partial charge in [-0.2, -0.15) is 10.2 Å². The Bertz CT molecular complexity index is 952. The lowest BCUT2D eigenvalue weighted by Gasteiger charge is -2.15. The number of amides is 1. The second-order valence-corrected chi connectivity index (χ2v) is 6.05. The fourth-order valence-electron chi connectivity index (χ4n) is 2.62. The highest BCUT2D eigenvalue weighted by atomic mass is 16.1. The van der Waals surface area contributed by atoms with Gasteiger partial charge < -0.3 is 5.32 Å². The highest BCUT2D eigenvalue weighted by Crippen LogP contribution is 2.25. The van der Waals surface area contributed by atoms with E-state index >= 15 is 0 Å². The predicted octanol–water partition coefficient (Wildman–Crippen LogP) is 3.81. The first-order valence-corrected chi connectivity index (χ1v) is 8.52. The molecule has 136 valence electrons. The number of rotatable bonds is 5. The number of benzene rings is 2. The van der Waals surface area contributed by atoms with Crippen molar-refractivity contribution >= 4 is 23.0 Å². The minimum atomic E-state index is -0.0929. The Balaban J connectivity index is 1.81. The molecule has 0 saturated carbocycles.